The van der Waals surface area contributed by atoms with E-state index in [1.807, 2.05) is 21.1 Å². The third kappa shape index (κ3) is 44.7. The van der Waals surface area contributed by atoms with Crippen LogP contribution < -0.4 is 4.89 Å². The van der Waals surface area contributed by atoms with Crippen molar-refractivity contribution in [3.05, 3.63) is 85.1 Å². The van der Waals surface area contributed by atoms with Crippen LogP contribution in [-0.2, 0) is 32.7 Å². The number of phosphoric acid groups is 1. The lowest BCUT2D eigenvalue weighted by atomic mass is 10.1. The van der Waals surface area contributed by atoms with E-state index in [0.29, 0.717) is 23.9 Å². The number of likely N-dealkylation sites (N-methyl/N-ethyl adjacent to an activating group) is 1. The van der Waals surface area contributed by atoms with Crippen molar-refractivity contribution in [3.8, 4) is 0 Å². The van der Waals surface area contributed by atoms with Crippen LogP contribution in [0.2, 0.25) is 0 Å². The standard InChI is InChI=1S/C50H86NO8P/c1-6-8-10-12-14-16-18-20-22-23-24-25-26-27-29-30-32-34-36-38-40-42-49(52)56-46-48(47-58-60(54,55)57-45-44-51(3,4)5)59-50(53)43-41-39-37-35-33-31-28-21-19-17-15-13-11-9-7-2/h9,11,15,17-18,20-21,23-24,26-28,33,35,48H,6-8,10,12-14,16,19,22,25,29-32,34,36-47H2,1-5H3/b11-9-,17-15-,20-18-,24-23-,27-26-,28-21-,35-33-. The summed E-state index contributed by atoms with van der Waals surface area (Å²) in [7, 11) is 1.11. The van der Waals surface area contributed by atoms with Crippen LogP contribution in [0.3, 0.4) is 0 Å². The van der Waals surface area contributed by atoms with Crippen molar-refractivity contribution in [2.45, 2.75) is 174 Å². The highest BCUT2D eigenvalue weighted by Crippen LogP contribution is 2.38. The Morgan fingerprint density at radius 3 is 1.45 bits per heavy atom. The van der Waals surface area contributed by atoms with Crippen molar-refractivity contribution in [2.24, 2.45) is 0 Å². The van der Waals surface area contributed by atoms with Gasteiger partial charge in [-0.25, -0.2) is 0 Å². The average Bonchev–Trinajstić information content (AvgIpc) is 3.20. The minimum atomic E-state index is -4.65. The smallest absolute Gasteiger partial charge is 0.306 e. The number of hydrogen-bond acceptors (Lipinski definition) is 8. The van der Waals surface area contributed by atoms with Crippen molar-refractivity contribution < 1.29 is 42.1 Å². The summed E-state index contributed by atoms with van der Waals surface area (Å²) in [6.07, 6.45) is 53.3. The van der Waals surface area contributed by atoms with Gasteiger partial charge in [0.05, 0.1) is 27.7 Å². The number of hydrogen-bond donors (Lipinski definition) is 0. The second kappa shape index (κ2) is 41.5. The molecular weight excluding hydrogens is 774 g/mol. The fourth-order valence-electron chi connectivity index (χ4n) is 5.77. The average molecular weight is 860 g/mol. The first-order chi connectivity index (χ1) is 29.0. The molecule has 0 aromatic rings. The summed E-state index contributed by atoms with van der Waals surface area (Å²) in [6.45, 7) is 4.02. The molecule has 0 saturated heterocycles. The molecule has 0 saturated carbocycles. The van der Waals surface area contributed by atoms with E-state index >= 15 is 0 Å². The summed E-state index contributed by atoms with van der Waals surface area (Å²) in [5.41, 5.74) is 0. The van der Waals surface area contributed by atoms with Crippen LogP contribution in [0, 0.1) is 0 Å². The number of ether oxygens (including phenoxy) is 2. The summed E-state index contributed by atoms with van der Waals surface area (Å²) in [5, 5.41) is 0. The maximum absolute atomic E-state index is 12.7. The number of rotatable bonds is 41. The highest BCUT2D eigenvalue weighted by Gasteiger charge is 2.21. The predicted molar refractivity (Wildman–Crippen MR) is 249 cm³/mol. The number of quaternary nitrogens is 1. The molecule has 0 aliphatic carbocycles. The van der Waals surface area contributed by atoms with E-state index in [-0.39, 0.29) is 26.1 Å². The molecule has 10 heteroatoms. The highest BCUT2D eigenvalue weighted by atomic mass is 31.2. The zero-order valence-electron chi connectivity index (χ0n) is 38.6. The number of unbranched alkanes of at least 4 members (excludes halogenated alkanes) is 13. The molecular formula is C50H86NO8P. The Morgan fingerprint density at radius 2 is 0.950 bits per heavy atom. The molecule has 0 aliphatic heterocycles. The van der Waals surface area contributed by atoms with Gasteiger partial charge in [0.1, 0.15) is 19.8 Å². The first-order valence-electron chi connectivity index (χ1n) is 23.3. The molecule has 0 fully saturated rings. The molecule has 0 aromatic heterocycles. The zero-order chi connectivity index (χ0) is 44.3. The summed E-state index contributed by atoms with van der Waals surface area (Å²) < 4.78 is 33.9. The maximum Gasteiger partial charge on any atom is 0.306 e. The maximum atomic E-state index is 12.7. The molecule has 0 rings (SSSR count). The van der Waals surface area contributed by atoms with Gasteiger partial charge in [0.15, 0.2) is 6.10 Å². The number of allylic oxidation sites excluding steroid dienone is 14. The quantitative estimate of drug-likeness (QED) is 0.0196. The molecule has 9 nitrogen and oxygen atoms in total. The lowest BCUT2D eigenvalue weighted by molar-refractivity contribution is -0.870. The molecule has 0 amide bonds. The van der Waals surface area contributed by atoms with Crippen LogP contribution in [-0.4, -0.2) is 70.0 Å². The summed E-state index contributed by atoms with van der Waals surface area (Å²) in [6, 6.07) is 0. The SMILES string of the molecule is CC/C=C\C/C=C\C/C=C\C/C=C\CCCCC(=O)OC(COC(=O)CCCCCCCC/C=C\C/C=C\C/C=C\CCCCCCC)COP(=O)([O-])OCC[N+](C)(C)C. The fourth-order valence-corrected chi connectivity index (χ4v) is 6.50. The largest absolute Gasteiger partial charge is 0.756 e. The normalized spacial score (nSPS) is 14.3. The molecule has 2 atom stereocenters. The van der Waals surface area contributed by atoms with Gasteiger partial charge in [0, 0.05) is 12.8 Å². The van der Waals surface area contributed by atoms with Crippen LogP contribution in [0.5, 0.6) is 0 Å². The number of carbonyl (C=O) groups excluding carboxylic acids is 2. The molecule has 2 unspecified atom stereocenters. The van der Waals surface area contributed by atoms with Crippen molar-refractivity contribution in [1.82, 2.24) is 0 Å². The van der Waals surface area contributed by atoms with E-state index in [1.54, 1.807) is 0 Å². The van der Waals surface area contributed by atoms with Crippen molar-refractivity contribution in [1.29, 1.82) is 0 Å². The topological polar surface area (TPSA) is 111 Å². The Labute approximate surface area is 367 Å². The van der Waals surface area contributed by atoms with Gasteiger partial charge < -0.3 is 27.9 Å². The molecule has 344 valence electrons. The van der Waals surface area contributed by atoms with Gasteiger partial charge in [-0.1, -0.05) is 150 Å². The molecule has 0 bridgehead atoms. The lowest BCUT2D eigenvalue weighted by Gasteiger charge is -2.28. The van der Waals surface area contributed by atoms with E-state index in [1.165, 1.54) is 38.5 Å². The van der Waals surface area contributed by atoms with Gasteiger partial charge in [0.2, 0.25) is 0 Å². The van der Waals surface area contributed by atoms with Crippen LogP contribution in [0.1, 0.15) is 168 Å². The third-order valence-electron chi connectivity index (χ3n) is 9.40. The summed E-state index contributed by atoms with van der Waals surface area (Å²) in [5.74, 6) is -0.905. The summed E-state index contributed by atoms with van der Waals surface area (Å²) >= 11 is 0. The molecule has 0 N–H and O–H groups in total. The number of carbonyl (C=O) groups is 2. The lowest BCUT2D eigenvalue weighted by Crippen LogP contribution is -2.37. The van der Waals surface area contributed by atoms with Gasteiger partial charge in [-0.05, 0) is 89.9 Å². The van der Waals surface area contributed by atoms with Crippen LogP contribution >= 0.6 is 7.82 Å². The molecule has 0 radical (unpaired) electrons. The van der Waals surface area contributed by atoms with Crippen molar-refractivity contribution in [3.63, 3.8) is 0 Å². The van der Waals surface area contributed by atoms with E-state index in [2.05, 4.69) is 98.9 Å². The van der Waals surface area contributed by atoms with Crippen LogP contribution in [0.15, 0.2) is 85.1 Å². The number of nitrogens with zero attached hydrogens (tertiary/aromatic N) is 1. The Bertz CT molecular complexity index is 1290. The zero-order valence-corrected chi connectivity index (χ0v) is 39.5. The van der Waals surface area contributed by atoms with E-state index in [4.69, 9.17) is 18.5 Å². The van der Waals surface area contributed by atoms with E-state index < -0.39 is 32.5 Å². The Balaban J connectivity index is 4.40. The molecule has 0 spiro atoms. The van der Waals surface area contributed by atoms with E-state index in [9.17, 15) is 19.0 Å². The Kier molecular flexibility index (Phi) is 39.6. The number of esters is 2. The first kappa shape index (κ1) is 57.2. The Morgan fingerprint density at radius 1 is 0.533 bits per heavy atom. The van der Waals surface area contributed by atoms with Gasteiger partial charge in [0.25, 0.3) is 7.82 Å². The fraction of sp³-hybridized carbons (Fsp3) is 0.680. The van der Waals surface area contributed by atoms with Crippen LogP contribution in [0.4, 0.5) is 0 Å². The van der Waals surface area contributed by atoms with E-state index in [0.717, 1.165) is 89.9 Å². The molecule has 0 aliphatic rings. The number of phosphoric ester groups is 1. The molecule has 0 aromatic carbocycles. The van der Waals surface area contributed by atoms with Gasteiger partial charge >= 0.3 is 11.9 Å². The highest BCUT2D eigenvalue weighted by molar-refractivity contribution is 7.45. The van der Waals surface area contributed by atoms with Crippen molar-refractivity contribution in [2.75, 3.05) is 47.5 Å². The third-order valence-corrected chi connectivity index (χ3v) is 10.4. The van der Waals surface area contributed by atoms with Gasteiger partial charge in [-0.2, -0.15) is 0 Å². The summed E-state index contributed by atoms with van der Waals surface area (Å²) in [4.78, 5) is 37.6. The minimum Gasteiger partial charge on any atom is -0.756 e. The second-order valence-corrected chi connectivity index (χ2v) is 17.8. The van der Waals surface area contributed by atoms with Crippen molar-refractivity contribution >= 4 is 19.8 Å². The van der Waals surface area contributed by atoms with Gasteiger partial charge in [-0.15, -0.1) is 0 Å². The molecule has 60 heavy (non-hydrogen) atoms. The van der Waals surface area contributed by atoms with Gasteiger partial charge in [-0.3, -0.25) is 14.2 Å². The van der Waals surface area contributed by atoms with Crippen LogP contribution in [0.25, 0.3) is 0 Å². The second-order valence-electron chi connectivity index (χ2n) is 16.4. The minimum absolute atomic E-state index is 0.0459. The Hall–Kier alpha value is -2.81. The first-order valence-corrected chi connectivity index (χ1v) is 24.8. The molecule has 0 heterocycles. The monoisotopic (exact) mass is 860 g/mol. The predicted octanol–water partition coefficient (Wildman–Crippen LogP) is 12.9.